The molecule has 2 N–H and O–H groups in total. The highest BCUT2D eigenvalue weighted by Crippen LogP contribution is 2.26. The van der Waals surface area contributed by atoms with Crippen LogP contribution in [0.5, 0.6) is 0 Å². The highest BCUT2D eigenvalue weighted by molar-refractivity contribution is 5.89. The van der Waals surface area contributed by atoms with Crippen molar-refractivity contribution in [3.63, 3.8) is 0 Å². The number of carbonyl (C=O) groups is 2. The van der Waals surface area contributed by atoms with Gasteiger partial charge in [-0.25, -0.2) is 4.39 Å². The zero-order valence-corrected chi connectivity index (χ0v) is 17.5. The Kier molecular flexibility index (Phi) is 6.63. The molecule has 0 aliphatic carbocycles. The summed E-state index contributed by atoms with van der Waals surface area (Å²) in [6.07, 6.45) is 0.814. The van der Waals surface area contributed by atoms with E-state index in [9.17, 15) is 14.0 Å². The van der Waals surface area contributed by atoms with E-state index >= 15 is 0 Å². The number of rotatable bonds is 5. The highest BCUT2D eigenvalue weighted by atomic mass is 19.1. The van der Waals surface area contributed by atoms with Gasteiger partial charge in [-0.2, -0.15) is 0 Å². The van der Waals surface area contributed by atoms with E-state index in [0.717, 1.165) is 11.1 Å². The number of benzene rings is 2. The first-order valence-electron chi connectivity index (χ1n) is 10.7. The van der Waals surface area contributed by atoms with Crippen LogP contribution in [0.25, 0.3) is 0 Å². The minimum absolute atomic E-state index is 0.0474. The Morgan fingerprint density at radius 2 is 1.74 bits per heavy atom. The third kappa shape index (κ3) is 4.94. The fourth-order valence-corrected chi connectivity index (χ4v) is 4.36. The summed E-state index contributed by atoms with van der Waals surface area (Å²) in [5.74, 6) is -0.545. The van der Waals surface area contributed by atoms with Gasteiger partial charge < -0.3 is 20.3 Å². The number of hydrogen-bond donors (Lipinski definition) is 1. The van der Waals surface area contributed by atoms with Gasteiger partial charge in [-0.1, -0.05) is 42.5 Å². The normalized spacial score (nSPS) is 19.6. The van der Waals surface area contributed by atoms with E-state index in [1.54, 1.807) is 28.0 Å². The molecule has 0 unspecified atom stereocenters. The Balaban J connectivity index is 1.50. The van der Waals surface area contributed by atoms with Crippen LogP contribution in [-0.4, -0.2) is 60.0 Å². The molecule has 2 aliphatic heterocycles. The van der Waals surface area contributed by atoms with E-state index in [4.69, 9.17) is 10.5 Å². The molecule has 0 saturated carbocycles. The van der Waals surface area contributed by atoms with Crippen LogP contribution in [0.1, 0.15) is 23.1 Å². The monoisotopic (exact) mass is 425 g/mol. The summed E-state index contributed by atoms with van der Waals surface area (Å²) in [5.41, 5.74) is 8.85. The van der Waals surface area contributed by atoms with Crippen LogP contribution in [-0.2, 0) is 33.7 Å². The highest BCUT2D eigenvalue weighted by Gasteiger charge is 2.37. The van der Waals surface area contributed by atoms with Gasteiger partial charge in [0.1, 0.15) is 11.9 Å². The number of carbonyl (C=O) groups excluding carboxylic acids is 2. The van der Waals surface area contributed by atoms with Gasteiger partial charge >= 0.3 is 0 Å². The smallest absolute Gasteiger partial charge is 0.245 e. The minimum Gasteiger partial charge on any atom is -0.378 e. The van der Waals surface area contributed by atoms with Crippen molar-refractivity contribution in [1.82, 2.24) is 9.80 Å². The lowest BCUT2D eigenvalue weighted by molar-refractivity contribution is -0.149. The van der Waals surface area contributed by atoms with Crippen LogP contribution in [0.15, 0.2) is 48.5 Å². The molecule has 0 bridgehead atoms. The number of nitrogens with zero attached hydrogens (tertiary/aromatic N) is 2. The standard InChI is InChI=1S/C24H28FN3O3/c25-21-8-4-3-6-18(21)13-20(26)15-23(29)28-16-19-7-2-1-5-17(19)14-22(28)24(30)27-9-11-31-12-10-27/h1-8,20,22H,9-16,26H2/t20-,22+/m1/s1. The maximum absolute atomic E-state index is 14.0. The van der Waals surface area contributed by atoms with Gasteiger partial charge in [0.2, 0.25) is 11.8 Å². The molecule has 2 atom stereocenters. The maximum Gasteiger partial charge on any atom is 0.245 e. The van der Waals surface area contributed by atoms with Crippen LogP contribution in [0, 0.1) is 5.82 Å². The molecule has 2 aromatic rings. The Labute approximate surface area is 181 Å². The molecule has 4 rings (SSSR count). The van der Waals surface area contributed by atoms with Crippen molar-refractivity contribution in [2.75, 3.05) is 26.3 Å². The number of hydrogen-bond acceptors (Lipinski definition) is 4. The fraction of sp³-hybridized carbons (Fsp3) is 0.417. The molecule has 0 aromatic heterocycles. The zero-order valence-electron chi connectivity index (χ0n) is 17.5. The molecule has 2 amide bonds. The van der Waals surface area contributed by atoms with E-state index in [1.165, 1.54) is 6.07 Å². The molecular formula is C24H28FN3O3. The predicted octanol–water partition coefficient (Wildman–Crippen LogP) is 1.90. The quantitative estimate of drug-likeness (QED) is 0.794. The van der Waals surface area contributed by atoms with Crippen LogP contribution in [0.2, 0.25) is 0 Å². The van der Waals surface area contributed by atoms with Crippen molar-refractivity contribution < 1.29 is 18.7 Å². The van der Waals surface area contributed by atoms with Gasteiger partial charge in [-0.3, -0.25) is 9.59 Å². The van der Waals surface area contributed by atoms with Gasteiger partial charge in [-0.05, 0) is 29.2 Å². The van der Waals surface area contributed by atoms with Crippen molar-refractivity contribution >= 4 is 11.8 Å². The number of nitrogens with two attached hydrogens (primary N) is 1. The number of amides is 2. The summed E-state index contributed by atoms with van der Waals surface area (Å²) in [5, 5.41) is 0. The average molecular weight is 426 g/mol. The average Bonchev–Trinajstić information content (AvgIpc) is 2.79. The van der Waals surface area contributed by atoms with Crippen molar-refractivity contribution in [2.45, 2.75) is 37.9 Å². The van der Waals surface area contributed by atoms with Gasteiger partial charge in [0.25, 0.3) is 0 Å². The molecule has 2 aliphatic rings. The Bertz CT molecular complexity index is 945. The van der Waals surface area contributed by atoms with E-state index in [2.05, 4.69) is 0 Å². The Morgan fingerprint density at radius 3 is 2.48 bits per heavy atom. The topological polar surface area (TPSA) is 75.9 Å². The number of ether oxygens (including phenoxy) is 1. The maximum atomic E-state index is 14.0. The summed E-state index contributed by atoms with van der Waals surface area (Å²) < 4.78 is 19.3. The minimum atomic E-state index is -0.554. The molecule has 31 heavy (non-hydrogen) atoms. The largest absolute Gasteiger partial charge is 0.378 e. The van der Waals surface area contributed by atoms with E-state index < -0.39 is 12.1 Å². The Morgan fingerprint density at radius 1 is 1.06 bits per heavy atom. The summed E-state index contributed by atoms with van der Waals surface area (Å²) in [6.45, 7) is 2.47. The lowest BCUT2D eigenvalue weighted by Crippen LogP contribution is -2.56. The van der Waals surface area contributed by atoms with Gasteiger partial charge in [-0.15, -0.1) is 0 Å². The molecule has 1 fully saturated rings. The lowest BCUT2D eigenvalue weighted by atomic mass is 9.92. The molecule has 164 valence electrons. The molecule has 2 aromatic carbocycles. The number of halogens is 1. The second-order valence-corrected chi connectivity index (χ2v) is 8.21. The zero-order chi connectivity index (χ0) is 21.8. The van der Waals surface area contributed by atoms with Crippen molar-refractivity contribution in [3.8, 4) is 0 Å². The molecule has 0 spiro atoms. The second kappa shape index (κ2) is 9.58. The summed E-state index contributed by atoms with van der Waals surface area (Å²) in [7, 11) is 0. The van der Waals surface area contributed by atoms with Crippen molar-refractivity contribution in [2.24, 2.45) is 5.73 Å². The molecular weight excluding hydrogens is 397 g/mol. The third-order valence-electron chi connectivity index (χ3n) is 6.05. The van der Waals surface area contributed by atoms with E-state index in [0.29, 0.717) is 44.8 Å². The molecule has 6 nitrogen and oxygen atoms in total. The summed E-state index contributed by atoms with van der Waals surface area (Å²) in [4.78, 5) is 30.0. The van der Waals surface area contributed by atoms with Gasteiger partial charge in [0.05, 0.1) is 13.2 Å². The van der Waals surface area contributed by atoms with Crippen LogP contribution in [0.3, 0.4) is 0 Å². The van der Waals surface area contributed by atoms with Crippen LogP contribution >= 0.6 is 0 Å². The first kappa shape index (κ1) is 21.5. The summed E-state index contributed by atoms with van der Waals surface area (Å²) >= 11 is 0. The van der Waals surface area contributed by atoms with Crippen LogP contribution < -0.4 is 5.73 Å². The third-order valence-corrected chi connectivity index (χ3v) is 6.05. The molecule has 0 radical (unpaired) electrons. The van der Waals surface area contributed by atoms with Crippen molar-refractivity contribution in [3.05, 3.63) is 71.0 Å². The second-order valence-electron chi connectivity index (χ2n) is 8.21. The molecule has 1 saturated heterocycles. The number of morpholine rings is 1. The first-order chi connectivity index (χ1) is 15.0. The van der Waals surface area contributed by atoms with E-state index in [1.807, 2.05) is 24.3 Å². The van der Waals surface area contributed by atoms with Crippen LogP contribution in [0.4, 0.5) is 4.39 Å². The van der Waals surface area contributed by atoms with Gasteiger partial charge in [0.15, 0.2) is 0 Å². The Hall–Kier alpha value is -2.77. The lowest BCUT2D eigenvalue weighted by Gasteiger charge is -2.40. The summed E-state index contributed by atoms with van der Waals surface area (Å²) in [6, 6.07) is 13.3. The van der Waals surface area contributed by atoms with E-state index in [-0.39, 0.29) is 30.5 Å². The van der Waals surface area contributed by atoms with Crippen molar-refractivity contribution in [1.29, 1.82) is 0 Å². The molecule has 7 heteroatoms. The molecule has 2 heterocycles. The predicted molar refractivity (Wildman–Crippen MR) is 115 cm³/mol. The SMILES string of the molecule is N[C@@H](CC(=O)N1Cc2ccccc2C[C@H]1C(=O)N1CCOCC1)Cc1ccccc1F. The first-order valence-corrected chi connectivity index (χ1v) is 10.7. The van der Waals surface area contributed by atoms with Gasteiger partial charge in [0, 0.05) is 38.5 Å². The fourth-order valence-electron chi connectivity index (χ4n) is 4.36. The number of fused-ring (bicyclic) bond motifs is 1.